The molecule has 1 saturated heterocycles. The molecular weight excluding hydrogens is 374 g/mol. The van der Waals surface area contributed by atoms with Crippen LogP contribution in [0.1, 0.15) is 41.5 Å². The minimum Gasteiger partial charge on any atom is -0.356 e. The fourth-order valence-electron chi connectivity index (χ4n) is 3.60. The molecule has 3 aromatic rings. The third-order valence-electron chi connectivity index (χ3n) is 5.29. The fraction of sp³-hybridized carbons (Fsp3) is 0.292. The zero-order valence-corrected chi connectivity index (χ0v) is 17.5. The molecule has 2 heterocycles. The fourth-order valence-corrected chi connectivity index (χ4v) is 3.60. The number of nitrogens with zero attached hydrogens (tertiary/aromatic N) is 3. The number of aryl methyl sites for hydroxylation is 2. The van der Waals surface area contributed by atoms with Crippen LogP contribution in [-0.2, 0) is 6.42 Å². The highest BCUT2D eigenvalue weighted by atomic mass is 16.1. The lowest BCUT2D eigenvalue weighted by atomic mass is 10.1. The first kappa shape index (κ1) is 19.9. The van der Waals surface area contributed by atoms with Gasteiger partial charge in [-0.25, -0.2) is 9.97 Å². The first-order valence-corrected chi connectivity index (χ1v) is 10.5. The monoisotopic (exact) mass is 401 g/mol. The maximum absolute atomic E-state index is 12.4. The Balaban J connectivity index is 1.41. The summed E-state index contributed by atoms with van der Waals surface area (Å²) in [6.45, 7) is 6.11. The predicted octanol–water partition coefficient (Wildman–Crippen LogP) is 4.94. The molecule has 0 atom stereocenters. The SMILES string of the molecule is CCc1ccc(C(=O)Nc2ccc(Nc3cc(N4CCCC4)nc(C)n3)cc2)cc1. The van der Waals surface area contributed by atoms with Crippen LogP contribution in [0.5, 0.6) is 0 Å². The quantitative estimate of drug-likeness (QED) is 0.612. The molecule has 1 aliphatic rings. The van der Waals surface area contributed by atoms with Gasteiger partial charge in [-0.3, -0.25) is 4.79 Å². The molecule has 1 aliphatic heterocycles. The maximum Gasteiger partial charge on any atom is 0.255 e. The van der Waals surface area contributed by atoms with Crippen molar-refractivity contribution in [2.45, 2.75) is 33.1 Å². The standard InChI is InChI=1S/C24H27N5O/c1-3-18-6-8-19(9-7-18)24(30)28-21-12-10-20(11-13-21)27-22-16-23(26-17(2)25-22)29-14-4-5-15-29/h6-13,16H,3-5,14-15H2,1-2H3,(H,28,30)(H,25,26,27). The van der Waals surface area contributed by atoms with Gasteiger partial charge in [0.2, 0.25) is 0 Å². The van der Waals surface area contributed by atoms with E-state index in [1.54, 1.807) is 0 Å². The van der Waals surface area contributed by atoms with Crippen LogP contribution in [0.15, 0.2) is 54.6 Å². The number of hydrogen-bond donors (Lipinski definition) is 2. The summed E-state index contributed by atoms with van der Waals surface area (Å²) in [5.41, 5.74) is 3.53. The van der Waals surface area contributed by atoms with E-state index in [0.717, 1.165) is 48.3 Å². The normalized spacial score (nSPS) is 13.3. The molecule has 6 heteroatoms. The van der Waals surface area contributed by atoms with Gasteiger partial charge in [-0.1, -0.05) is 19.1 Å². The smallest absolute Gasteiger partial charge is 0.255 e. The van der Waals surface area contributed by atoms with Gasteiger partial charge >= 0.3 is 0 Å². The van der Waals surface area contributed by atoms with Gasteiger partial charge in [0.25, 0.3) is 5.91 Å². The minimum atomic E-state index is -0.111. The summed E-state index contributed by atoms with van der Waals surface area (Å²) in [4.78, 5) is 23.8. The summed E-state index contributed by atoms with van der Waals surface area (Å²) < 4.78 is 0. The molecule has 0 aliphatic carbocycles. The van der Waals surface area contributed by atoms with Crippen LogP contribution in [0.25, 0.3) is 0 Å². The van der Waals surface area contributed by atoms with Gasteiger partial charge in [0.1, 0.15) is 17.5 Å². The number of hydrogen-bond acceptors (Lipinski definition) is 5. The second kappa shape index (κ2) is 8.95. The van der Waals surface area contributed by atoms with Gasteiger partial charge in [-0.05, 0) is 68.1 Å². The third kappa shape index (κ3) is 4.76. The molecule has 30 heavy (non-hydrogen) atoms. The topological polar surface area (TPSA) is 70.2 Å². The van der Waals surface area contributed by atoms with Crippen LogP contribution in [0.4, 0.5) is 23.0 Å². The maximum atomic E-state index is 12.4. The van der Waals surface area contributed by atoms with Crippen LogP contribution < -0.4 is 15.5 Å². The van der Waals surface area contributed by atoms with E-state index in [9.17, 15) is 4.79 Å². The van der Waals surface area contributed by atoms with Crippen LogP contribution in [0, 0.1) is 6.92 Å². The first-order valence-electron chi connectivity index (χ1n) is 10.5. The number of benzene rings is 2. The Kier molecular flexibility index (Phi) is 5.93. The van der Waals surface area contributed by atoms with Crippen molar-refractivity contribution in [1.82, 2.24) is 9.97 Å². The van der Waals surface area contributed by atoms with Crippen molar-refractivity contribution in [3.05, 3.63) is 71.5 Å². The summed E-state index contributed by atoms with van der Waals surface area (Å²) in [6.07, 6.45) is 3.38. The largest absolute Gasteiger partial charge is 0.356 e. The van der Waals surface area contributed by atoms with Crippen molar-refractivity contribution >= 4 is 28.9 Å². The average molecular weight is 402 g/mol. The Hall–Kier alpha value is -3.41. The van der Waals surface area contributed by atoms with Gasteiger partial charge in [0.15, 0.2) is 0 Å². The van der Waals surface area contributed by atoms with E-state index in [4.69, 9.17) is 0 Å². The summed E-state index contributed by atoms with van der Waals surface area (Å²) in [6, 6.07) is 17.3. The van der Waals surface area contributed by atoms with E-state index in [2.05, 4.69) is 32.4 Å². The lowest BCUT2D eigenvalue weighted by Gasteiger charge is -2.18. The number of nitrogens with one attached hydrogen (secondary N) is 2. The van der Waals surface area contributed by atoms with Gasteiger partial charge in [-0.2, -0.15) is 0 Å². The van der Waals surface area contributed by atoms with Crippen molar-refractivity contribution in [2.75, 3.05) is 28.6 Å². The van der Waals surface area contributed by atoms with E-state index >= 15 is 0 Å². The van der Waals surface area contributed by atoms with E-state index in [1.807, 2.05) is 61.5 Å². The molecule has 1 aromatic heterocycles. The van der Waals surface area contributed by atoms with Crippen molar-refractivity contribution in [1.29, 1.82) is 0 Å². The predicted molar refractivity (Wildman–Crippen MR) is 122 cm³/mol. The van der Waals surface area contributed by atoms with E-state index in [1.165, 1.54) is 18.4 Å². The Bertz CT molecular complexity index is 1010. The second-order valence-corrected chi connectivity index (χ2v) is 7.56. The van der Waals surface area contributed by atoms with Gasteiger partial charge in [-0.15, -0.1) is 0 Å². The second-order valence-electron chi connectivity index (χ2n) is 7.56. The molecular formula is C24H27N5O. The summed E-state index contributed by atoms with van der Waals surface area (Å²) in [7, 11) is 0. The highest BCUT2D eigenvalue weighted by Crippen LogP contribution is 2.23. The van der Waals surface area contributed by atoms with Crippen LogP contribution >= 0.6 is 0 Å². The highest BCUT2D eigenvalue weighted by molar-refractivity contribution is 6.04. The molecule has 0 bridgehead atoms. The van der Waals surface area contributed by atoms with E-state index in [-0.39, 0.29) is 5.91 Å². The molecule has 0 unspecified atom stereocenters. The molecule has 0 saturated carbocycles. The van der Waals surface area contributed by atoms with Crippen molar-refractivity contribution in [3.63, 3.8) is 0 Å². The Morgan fingerprint density at radius 3 is 2.30 bits per heavy atom. The van der Waals surface area contributed by atoms with E-state index < -0.39 is 0 Å². The van der Waals surface area contributed by atoms with Crippen LogP contribution in [0.2, 0.25) is 0 Å². The molecule has 2 aromatic carbocycles. The Morgan fingerprint density at radius 1 is 0.967 bits per heavy atom. The zero-order valence-electron chi connectivity index (χ0n) is 17.5. The summed E-state index contributed by atoms with van der Waals surface area (Å²) in [5, 5.41) is 6.29. The molecule has 6 nitrogen and oxygen atoms in total. The minimum absolute atomic E-state index is 0.111. The first-order chi connectivity index (χ1) is 14.6. The Labute approximate surface area is 177 Å². The molecule has 2 N–H and O–H groups in total. The molecule has 4 rings (SSSR count). The Morgan fingerprint density at radius 2 is 1.63 bits per heavy atom. The molecule has 0 spiro atoms. The number of carbonyl (C=O) groups is 1. The van der Waals surface area contributed by atoms with Gasteiger partial charge < -0.3 is 15.5 Å². The number of aromatic nitrogens is 2. The van der Waals surface area contributed by atoms with Crippen LogP contribution in [-0.4, -0.2) is 29.0 Å². The highest BCUT2D eigenvalue weighted by Gasteiger charge is 2.15. The van der Waals surface area contributed by atoms with Gasteiger partial charge in [0, 0.05) is 36.1 Å². The lowest BCUT2D eigenvalue weighted by Crippen LogP contribution is -2.19. The number of rotatable bonds is 6. The van der Waals surface area contributed by atoms with Gasteiger partial charge in [0.05, 0.1) is 0 Å². The molecule has 0 radical (unpaired) electrons. The molecule has 1 amide bonds. The molecule has 1 fully saturated rings. The summed E-state index contributed by atoms with van der Waals surface area (Å²) in [5.74, 6) is 2.39. The van der Waals surface area contributed by atoms with E-state index in [0.29, 0.717) is 5.56 Å². The third-order valence-corrected chi connectivity index (χ3v) is 5.29. The lowest BCUT2D eigenvalue weighted by molar-refractivity contribution is 0.102. The number of amides is 1. The van der Waals surface area contributed by atoms with Crippen LogP contribution in [0.3, 0.4) is 0 Å². The van der Waals surface area contributed by atoms with Crippen molar-refractivity contribution in [2.24, 2.45) is 0 Å². The zero-order chi connectivity index (χ0) is 20.9. The number of anilines is 4. The summed E-state index contributed by atoms with van der Waals surface area (Å²) >= 11 is 0. The van der Waals surface area contributed by atoms with Crippen molar-refractivity contribution in [3.8, 4) is 0 Å². The molecule has 154 valence electrons. The number of carbonyl (C=O) groups excluding carboxylic acids is 1. The average Bonchev–Trinajstić information content (AvgIpc) is 3.30. The van der Waals surface area contributed by atoms with Crippen molar-refractivity contribution < 1.29 is 4.79 Å².